The van der Waals surface area contributed by atoms with E-state index in [0.717, 1.165) is 0 Å². The van der Waals surface area contributed by atoms with Crippen LogP contribution in [0.4, 0.5) is 17.1 Å². The molecule has 0 atom stereocenters. The van der Waals surface area contributed by atoms with E-state index >= 15 is 0 Å². The quantitative estimate of drug-likeness (QED) is 0.399. The molecule has 8 nitrogen and oxygen atoms in total. The lowest BCUT2D eigenvalue weighted by Gasteiger charge is -2.12. The predicted molar refractivity (Wildman–Crippen MR) is 70.8 cm³/mol. The Bertz CT molecular complexity index is 409. The van der Waals surface area contributed by atoms with Crippen LogP contribution in [-0.4, -0.2) is 48.5 Å². The molecule has 1 aromatic carbocycles. The topological polar surface area (TPSA) is 117 Å². The molecule has 0 saturated heterocycles. The molecule has 0 heterocycles. The zero-order valence-electron chi connectivity index (χ0n) is 10.5. The molecule has 0 aromatic heterocycles. The fourth-order valence-corrected chi connectivity index (χ4v) is 1.57. The zero-order chi connectivity index (χ0) is 14.3. The lowest BCUT2D eigenvalue weighted by Crippen LogP contribution is -2.11. The minimum absolute atomic E-state index is 0.145. The van der Waals surface area contributed by atoms with E-state index in [0.29, 0.717) is 5.75 Å². The monoisotopic (exact) mass is 271 g/mol. The normalized spacial score (nSPS) is 10.1. The molecule has 0 bridgehead atoms. The lowest BCUT2D eigenvalue weighted by atomic mass is 10.2. The molecule has 0 spiro atoms. The Labute approximate surface area is 110 Å². The van der Waals surface area contributed by atoms with E-state index in [1.807, 2.05) is 0 Å². The van der Waals surface area contributed by atoms with E-state index in [1.54, 1.807) is 0 Å². The van der Waals surface area contributed by atoms with E-state index in [9.17, 15) is 10.1 Å². The number of ether oxygens (including phenoxy) is 1. The second kappa shape index (κ2) is 7.39. The van der Waals surface area contributed by atoms with E-state index < -0.39 is 4.92 Å². The Kier molecular flexibility index (Phi) is 5.83. The molecular weight excluding hydrogens is 254 g/mol. The van der Waals surface area contributed by atoms with Gasteiger partial charge in [0.2, 0.25) is 0 Å². The molecule has 0 amide bonds. The third kappa shape index (κ3) is 3.97. The van der Waals surface area contributed by atoms with Gasteiger partial charge in [-0.2, -0.15) is 0 Å². The largest absolute Gasteiger partial charge is 0.497 e. The number of nitro groups is 1. The molecule has 1 rings (SSSR count). The molecule has 4 N–H and O–H groups in total. The van der Waals surface area contributed by atoms with Crippen LogP contribution in [-0.2, 0) is 0 Å². The van der Waals surface area contributed by atoms with Gasteiger partial charge in [0.05, 0.1) is 25.2 Å². The van der Waals surface area contributed by atoms with Crippen molar-refractivity contribution in [2.45, 2.75) is 0 Å². The van der Waals surface area contributed by atoms with Crippen LogP contribution in [0.25, 0.3) is 0 Å². The highest BCUT2D eigenvalue weighted by Crippen LogP contribution is 2.37. The summed E-state index contributed by atoms with van der Waals surface area (Å²) in [6.45, 7) is 0.0857. The Morgan fingerprint density at radius 3 is 2.00 bits per heavy atom. The molecule has 0 unspecified atom stereocenters. The third-order valence-electron chi connectivity index (χ3n) is 2.36. The molecule has 0 saturated carbocycles. The van der Waals surface area contributed by atoms with Gasteiger partial charge in [0.1, 0.15) is 17.1 Å². The smallest absolute Gasteiger partial charge is 0.315 e. The number of nitro benzene ring substituents is 1. The van der Waals surface area contributed by atoms with Crippen LogP contribution >= 0.6 is 0 Å². The first kappa shape index (κ1) is 15.0. The maximum Gasteiger partial charge on any atom is 0.315 e. The lowest BCUT2D eigenvalue weighted by molar-refractivity contribution is -0.383. The number of hydrogen-bond acceptors (Lipinski definition) is 7. The van der Waals surface area contributed by atoms with Gasteiger partial charge in [0, 0.05) is 25.2 Å². The first-order chi connectivity index (χ1) is 9.13. The molecule has 0 aliphatic rings. The molecule has 0 radical (unpaired) electrons. The van der Waals surface area contributed by atoms with Gasteiger partial charge in [-0.3, -0.25) is 10.1 Å². The highest BCUT2D eigenvalue weighted by Gasteiger charge is 2.21. The van der Waals surface area contributed by atoms with Gasteiger partial charge in [-0.1, -0.05) is 0 Å². The SMILES string of the molecule is COc1cc(NCCO)c([N+](=O)[O-])c(NCCO)c1. The Morgan fingerprint density at radius 2 is 1.68 bits per heavy atom. The van der Waals surface area contributed by atoms with Gasteiger partial charge in [-0.25, -0.2) is 0 Å². The summed E-state index contributed by atoms with van der Waals surface area (Å²) in [6.07, 6.45) is 0. The molecule has 19 heavy (non-hydrogen) atoms. The maximum absolute atomic E-state index is 11.1. The minimum Gasteiger partial charge on any atom is -0.497 e. The van der Waals surface area contributed by atoms with Crippen molar-refractivity contribution < 1.29 is 19.9 Å². The van der Waals surface area contributed by atoms with Crippen LogP contribution in [0.15, 0.2) is 12.1 Å². The summed E-state index contributed by atoms with van der Waals surface area (Å²) in [5, 5.41) is 34.2. The van der Waals surface area contributed by atoms with Gasteiger partial charge < -0.3 is 25.6 Å². The van der Waals surface area contributed by atoms with Gasteiger partial charge in [-0.15, -0.1) is 0 Å². The number of rotatable bonds is 8. The number of methoxy groups -OCH3 is 1. The van der Waals surface area contributed by atoms with Crippen molar-refractivity contribution in [1.29, 1.82) is 0 Å². The predicted octanol–water partition coefficient (Wildman–Crippen LogP) is 0.412. The fourth-order valence-electron chi connectivity index (χ4n) is 1.57. The van der Waals surface area contributed by atoms with Gasteiger partial charge in [0.25, 0.3) is 0 Å². The Balaban J connectivity index is 3.20. The van der Waals surface area contributed by atoms with E-state index in [-0.39, 0.29) is 43.4 Å². The van der Waals surface area contributed by atoms with Gasteiger partial charge >= 0.3 is 5.69 Å². The molecule has 0 aliphatic heterocycles. The van der Waals surface area contributed by atoms with Gasteiger partial charge in [-0.05, 0) is 0 Å². The van der Waals surface area contributed by atoms with Crippen LogP contribution in [0.5, 0.6) is 5.75 Å². The van der Waals surface area contributed by atoms with Crippen molar-refractivity contribution in [2.75, 3.05) is 44.0 Å². The van der Waals surface area contributed by atoms with Crippen molar-refractivity contribution in [2.24, 2.45) is 0 Å². The summed E-state index contributed by atoms with van der Waals surface area (Å²) in [7, 11) is 1.45. The molecular formula is C11H17N3O5. The highest BCUT2D eigenvalue weighted by molar-refractivity contribution is 5.78. The van der Waals surface area contributed by atoms with Crippen molar-refractivity contribution in [3.05, 3.63) is 22.2 Å². The summed E-state index contributed by atoms with van der Waals surface area (Å²) in [6, 6.07) is 2.97. The van der Waals surface area contributed by atoms with Crippen molar-refractivity contribution >= 4 is 17.1 Å². The van der Waals surface area contributed by atoms with E-state index in [1.165, 1.54) is 19.2 Å². The van der Waals surface area contributed by atoms with Crippen LogP contribution in [0.2, 0.25) is 0 Å². The number of benzene rings is 1. The molecule has 0 fully saturated rings. The molecule has 8 heteroatoms. The number of nitrogens with one attached hydrogen (secondary N) is 2. The maximum atomic E-state index is 11.1. The zero-order valence-corrected chi connectivity index (χ0v) is 10.5. The molecule has 106 valence electrons. The fraction of sp³-hybridized carbons (Fsp3) is 0.455. The van der Waals surface area contributed by atoms with Crippen LogP contribution < -0.4 is 15.4 Å². The highest BCUT2D eigenvalue weighted by atomic mass is 16.6. The Hall–Kier alpha value is -2.06. The number of nitrogens with zero attached hydrogens (tertiary/aromatic N) is 1. The first-order valence-corrected chi connectivity index (χ1v) is 5.70. The second-order valence-electron chi connectivity index (χ2n) is 3.63. The van der Waals surface area contributed by atoms with Gasteiger partial charge in [0.15, 0.2) is 0 Å². The first-order valence-electron chi connectivity index (χ1n) is 5.70. The second-order valence-corrected chi connectivity index (χ2v) is 3.63. The van der Waals surface area contributed by atoms with Crippen molar-refractivity contribution in [3.63, 3.8) is 0 Å². The average molecular weight is 271 g/mol. The number of aliphatic hydroxyl groups is 2. The third-order valence-corrected chi connectivity index (χ3v) is 2.36. The standard InChI is InChI=1S/C11H17N3O5/c1-19-8-6-9(12-2-4-15)11(14(17)18)10(7-8)13-3-5-16/h6-7,12-13,15-16H,2-5H2,1H3. The summed E-state index contributed by atoms with van der Waals surface area (Å²) in [5.74, 6) is 0.437. The van der Waals surface area contributed by atoms with Crippen molar-refractivity contribution in [3.8, 4) is 5.75 Å². The summed E-state index contributed by atoms with van der Waals surface area (Å²) >= 11 is 0. The van der Waals surface area contributed by atoms with Crippen molar-refractivity contribution in [1.82, 2.24) is 0 Å². The molecule has 1 aromatic rings. The summed E-state index contributed by atoms with van der Waals surface area (Å²) < 4.78 is 5.06. The van der Waals surface area contributed by atoms with Crippen LogP contribution in [0.1, 0.15) is 0 Å². The van der Waals surface area contributed by atoms with Crippen LogP contribution in [0, 0.1) is 10.1 Å². The summed E-state index contributed by atoms with van der Waals surface area (Å²) in [5.41, 5.74) is 0.348. The average Bonchev–Trinajstić information content (AvgIpc) is 2.41. The Morgan fingerprint density at radius 1 is 1.21 bits per heavy atom. The number of aliphatic hydroxyl groups excluding tert-OH is 2. The molecule has 0 aliphatic carbocycles. The minimum atomic E-state index is -0.529. The number of hydrogen-bond donors (Lipinski definition) is 4. The number of anilines is 2. The van der Waals surface area contributed by atoms with Crippen LogP contribution in [0.3, 0.4) is 0 Å². The summed E-state index contributed by atoms with van der Waals surface area (Å²) in [4.78, 5) is 10.6. The van der Waals surface area contributed by atoms with E-state index in [4.69, 9.17) is 14.9 Å². The van der Waals surface area contributed by atoms with E-state index in [2.05, 4.69) is 10.6 Å².